The van der Waals surface area contributed by atoms with Crippen molar-refractivity contribution in [2.75, 3.05) is 61.6 Å². The highest BCUT2D eigenvalue weighted by atomic mass is 16.5. The van der Waals surface area contributed by atoms with Crippen molar-refractivity contribution in [3.8, 4) is 5.75 Å². The van der Waals surface area contributed by atoms with Crippen molar-refractivity contribution in [2.24, 2.45) is 0 Å². The van der Waals surface area contributed by atoms with Gasteiger partial charge in [0.05, 0.1) is 30.7 Å². The molecule has 10 heteroatoms. The number of ether oxygens (including phenoxy) is 2. The molecule has 2 aliphatic heterocycles. The van der Waals surface area contributed by atoms with Gasteiger partial charge in [0.25, 0.3) is 11.8 Å². The smallest absolute Gasteiger partial charge is 0.274 e. The van der Waals surface area contributed by atoms with Crippen LogP contribution in [0.5, 0.6) is 5.75 Å². The van der Waals surface area contributed by atoms with Crippen molar-refractivity contribution in [3.63, 3.8) is 0 Å². The number of nitrogens with zero attached hydrogens (tertiary/aromatic N) is 4. The summed E-state index contributed by atoms with van der Waals surface area (Å²) in [6, 6.07) is 12.5. The van der Waals surface area contributed by atoms with Gasteiger partial charge >= 0.3 is 0 Å². The fraction of sp³-hybridized carbons (Fsp3) is 0.308. The number of benzene rings is 1. The number of rotatable bonds is 8. The molecule has 10 nitrogen and oxygen atoms in total. The minimum atomic E-state index is -0.362. The standard InChI is InChI=1S/C26H28N6O4/c1-35-13-14-36-19-6-5-18-17-32(26(34)20(18)15-19)24-4-2-3-21(29-24)25(33)30-22-16-28-8-7-23(22)31-11-9-27-10-12-31/h2-8,15-16,27H,9-14,17H2,1H3,(H,30,33). The van der Waals surface area contributed by atoms with Crippen molar-refractivity contribution in [1.82, 2.24) is 15.3 Å². The zero-order valence-corrected chi connectivity index (χ0v) is 20.1. The van der Waals surface area contributed by atoms with E-state index in [9.17, 15) is 9.59 Å². The predicted molar refractivity (Wildman–Crippen MR) is 136 cm³/mol. The number of fused-ring (bicyclic) bond motifs is 1. The number of piperazine rings is 1. The lowest BCUT2D eigenvalue weighted by atomic mass is 10.1. The first-order valence-corrected chi connectivity index (χ1v) is 11.9. The van der Waals surface area contributed by atoms with Gasteiger partial charge in [-0.05, 0) is 35.9 Å². The number of nitrogens with one attached hydrogen (secondary N) is 2. The van der Waals surface area contributed by atoms with Gasteiger partial charge < -0.3 is 25.0 Å². The molecule has 36 heavy (non-hydrogen) atoms. The highest BCUT2D eigenvalue weighted by molar-refractivity contribution is 6.10. The molecule has 0 spiro atoms. The number of anilines is 3. The van der Waals surface area contributed by atoms with E-state index >= 15 is 0 Å². The summed E-state index contributed by atoms with van der Waals surface area (Å²) in [5.41, 5.74) is 3.21. The van der Waals surface area contributed by atoms with Crippen molar-refractivity contribution < 1.29 is 19.1 Å². The third-order valence-electron chi connectivity index (χ3n) is 6.19. The number of carbonyl (C=O) groups excluding carboxylic acids is 2. The molecule has 5 rings (SSSR count). The van der Waals surface area contributed by atoms with E-state index in [4.69, 9.17) is 9.47 Å². The Morgan fingerprint density at radius 2 is 2.00 bits per heavy atom. The summed E-state index contributed by atoms with van der Waals surface area (Å²) in [5.74, 6) is 0.484. The Morgan fingerprint density at radius 1 is 1.14 bits per heavy atom. The van der Waals surface area contributed by atoms with Crippen LogP contribution in [0.15, 0.2) is 54.9 Å². The van der Waals surface area contributed by atoms with Gasteiger partial charge in [-0.2, -0.15) is 0 Å². The van der Waals surface area contributed by atoms with Crippen molar-refractivity contribution in [3.05, 3.63) is 71.7 Å². The maximum Gasteiger partial charge on any atom is 0.274 e. The second-order valence-electron chi connectivity index (χ2n) is 8.52. The Hall–Kier alpha value is -4.02. The molecule has 0 unspecified atom stereocenters. The molecule has 0 saturated carbocycles. The molecule has 3 aromatic rings. The van der Waals surface area contributed by atoms with Crippen LogP contribution in [0.4, 0.5) is 17.2 Å². The molecule has 2 N–H and O–H groups in total. The zero-order chi connectivity index (χ0) is 24.9. The van der Waals surface area contributed by atoms with E-state index in [1.54, 1.807) is 48.7 Å². The van der Waals surface area contributed by atoms with Gasteiger partial charge in [-0.1, -0.05) is 12.1 Å². The molecule has 186 valence electrons. The molecule has 0 aliphatic carbocycles. The maximum atomic E-state index is 13.2. The molecule has 1 aromatic carbocycles. The van der Waals surface area contributed by atoms with Gasteiger partial charge in [-0.25, -0.2) is 4.98 Å². The Balaban J connectivity index is 1.31. The quantitative estimate of drug-likeness (QED) is 0.465. The van der Waals surface area contributed by atoms with Crippen LogP contribution in [-0.2, 0) is 11.3 Å². The lowest BCUT2D eigenvalue weighted by molar-refractivity contribution is 0.0989. The van der Waals surface area contributed by atoms with Crippen LogP contribution in [0.25, 0.3) is 0 Å². The molecular formula is C26H28N6O4. The van der Waals surface area contributed by atoms with E-state index < -0.39 is 0 Å². The second kappa shape index (κ2) is 10.7. The van der Waals surface area contributed by atoms with Crippen molar-refractivity contribution in [1.29, 1.82) is 0 Å². The van der Waals surface area contributed by atoms with Crippen LogP contribution in [0.3, 0.4) is 0 Å². The number of hydrogen-bond acceptors (Lipinski definition) is 8. The van der Waals surface area contributed by atoms with E-state index in [2.05, 4.69) is 25.5 Å². The lowest BCUT2D eigenvalue weighted by Crippen LogP contribution is -2.43. The van der Waals surface area contributed by atoms with Gasteiger partial charge in [0.2, 0.25) is 0 Å². The second-order valence-corrected chi connectivity index (χ2v) is 8.52. The van der Waals surface area contributed by atoms with Crippen LogP contribution in [0.2, 0.25) is 0 Å². The summed E-state index contributed by atoms with van der Waals surface area (Å²) in [6.45, 7) is 4.69. The molecule has 4 heterocycles. The summed E-state index contributed by atoms with van der Waals surface area (Å²) in [4.78, 5) is 38.8. The first-order valence-electron chi connectivity index (χ1n) is 11.9. The van der Waals surface area contributed by atoms with E-state index in [-0.39, 0.29) is 17.5 Å². The molecule has 1 saturated heterocycles. The first-order chi connectivity index (χ1) is 17.6. The number of methoxy groups -OCH3 is 1. The van der Waals surface area contributed by atoms with E-state index in [0.29, 0.717) is 42.6 Å². The van der Waals surface area contributed by atoms with Gasteiger partial charge in [0, 0.05) is 45.0 Å². The Morgan fingerprint density at radius 3 is 2.83 bits per heavy atom. The maximum absolute atomic E-state index is 13.2. The predicted octanol–water partition coefficient (Wildman–Crippen LogP) is 2.32. The summed E-state index contributed by atoms with van der Waals surface area (Å²) in [5, 5.41) is 6.28. The van der Waals surface area contributed by atoms with E-state index in [1.165, 1.54) is 0 Å². The van der Waals surface area contributed by atoms with Crippen LogP contribution in [-0.4, -0.2) is 68.3 Å². The van der Waals surface area contributed by atoms with Gasteiger partial charge in [-0.15, -0.1) is 0 Å². The van der Waals surface area contributed by atoms with E-state index in [1.807, 2.05) is 18.2 Å². The Labute approximate surface area is 209 Å². The molecule has 2 aromatic heterocycles. The van der Waals surface area contributed by atoms with Gasteiger partial charge in [-0.3, -0.25) is 19.5 Å². The van der Waals surface area contributed by atoms with Crippen molar-refractivity contribution >= 4 is 29.0 Å². The third kappa shape index (κ3) is 5.00. The van der Waals surface area contributed by atoms with Gasteiger partial charge in [0.15, 0.2) is 0 Å². The number of hydrogen-bond donors (Lipinski definition) is 2. The molecule has 1 fully saturated rings. The largest absolute Gasteiger partial charge is 0.491 e. The molecule has 0 atom stereocenters. The number of aromatic nitrogens is 2. The Kier molecular flexibility index (Phi) is 7.06. The molecular weight excluding hydrogens is 460 g/mol. The monoisotopic (exact) mass is 488 g/mol. The minimum Gasteiger partial charge on any atom is -0.491 e. The number of pyridine rings is 2. The molecule has 2 amide bonds. The van der Waals surface area contributed by atoms with Crippen LogP contribution in [0, 0.1) is 0 Å². The average Bonchev–Trinajstić information content (AvgIpc) is 3.25. The summed E-state index contributed by atoms with van der Waals surface area (Å²) in [7, 11) is 1.61. The van der Waals surface area contributed by atoms with Crippen LogP contribution >= 0.6 is 0 Å². The molecule has 0 radical (unpaired) electrons. The van der Waals surface area contributed by atoms with Crippen molar-refractivity contribution in [2.45, 2.75) is 6.54 Å². The average molecular weight is 489 g/mol. The fourth-order valence-electron chi connectivity index (χ4n) is 4.35. The topological polar surface area (TPSA) is 109 Å². The van der Waals surface area contributed by atoms with E-state index in [0.717, 1.165) is 37.4 Å². The lowest BCUT2D eigenvalue weighted by Gasteiger charge is -2.30. The number of carbonyl (C=O) groups is 2. The Bertz CT molecular complexity index is 1260. The summed E-state index contributed by atoms with van der Waals surface area (Å²) >= 11 is 0. The SMILES string of the molecule is COCCOc1ccc2c(c1)C(=O)N(c1cccc(C(=O)Nc3cnccc3N3CCNCC3)n1)C2. The fourth-order valence-corrected chi connectivity index (χ4v) is 4.35. The first kappa shape index (κ1) is 23.7. The summed E-state index contributed by atoms with van der Waals surface area (Å²) in [6.07, 6.45) is 3.36. The van der Waals surface area contributed by atoms with Crippen LogP contribution in [0.1, 0.15) is 26.4 Å². The zero-order valence-electron chi connectivity index (χ0n) is 20.1. The molecule has 0 bridgehead atoms. The number of amides is 2. The minimum absolute atomic E-state index is 0.180. The normalized spacial score (nSPS) is 15.1. The van der Waals surface area contributed by atoms with Crippen LogP contribution < -0.4 is 25.2 Å². The highest BCUT2D eigenvalue weighted by Gasteiger charge is 2.30. The highest BCUT2D eigenvalue weighted by Crippen LogP contribution is 2.30. The third-order valence-corrected chi connectivity index (χ3v) is 6.19. The summed E-state index contributed by atoms with van der Waals surface area (Å²) < 4.78 is 10.7. The van der Waals surface area contributed by atoms with Gasteiger partial charge in [0.1, 0.15) is 23.9 Å². The molecule has 2 aliphatic rings.